The van der Waals surface area contributed by atoms with E-state index in [-0.39, 0.29) is 28.4 Å². The summed E-state index contributed by atoms with van der Waals surface area (Å²) in [5, 5.41) is 11.7. The summed E-state index contributed by atoms with van der Waals surface area (Å²) in [7, 11) is 0. The molecule has 146 valence electrons. The molecule has 1 aliphatic rings. The van der Waals surface area contributed by atoms with Crippen molar-refractivity contribution in [1.29, 1.82) is 0 Å². The molecule has 0 aromatic carbocycles. The van der Waals surface area contributed by atoms with Crippen LogP contribution in [-0.2, 0) is 16.1 Å². The van der Waals surface area contributed by atoms with Gasteiger partial charge in [-0.2, -0.15) is 13.2 Å². The number of aliphatic carboxylic acids is 1. The molecule has 27 heavy (non-hydrogen) atoms. The zero-order valence-corrected chi connectivity index (χ0v) is 15.5. The van der Waals surface area contributed by atoms with Gasteiger partial charge in [-0.15, -0.1) is 0 Å². The predicted molar refractivity (Wildman–Crippen MR) is 91.5 cm³/mol. The Balaban J connectivity index is 2.13. The normalized spacial score (nSPS) is 16.7. The fourth-order valence-corrected chi connectivity index (χ4v) is 2.75. The number of nitrogens with zero attached hydrogens (tertiary/aromatic N) is 2. The molecule has 0 bridgehead atoms. The molecule has 0 saturated carbocycles. The number of rotatable bonds is 6. The summed E-state index contributed by atoms with van der Waals surface area (Å²) in [4.78, 5) is 28.0. The molecule has 1 aromatic rings. The quantitative estimate of drug-likeness (QED) is 0.693. The lowest BCUT2D eigenvalue weighted by molar-refractivity contribution is -0.154. The molecular weight excluding hydrogens is 435 g/mol. The molecule has 0 spiro atoms. The van der Waals surface area contributed by atoms with Crippen molar-refractivity contribution in [2.45, 2.75) is 25.8 Å². The largest absolute Gasteiger partial charge is 0.478 e. The summed E-state index contributed by atoms with van der Waals surface area (Å²) in [5.41, 5.74) is 0.633. The van der Waals surface area contributed by atoms with Crippen molar-refractivity contribution in [3.05, 3.63) is 46.2 Å². The number of amides is 1. The number of carboxylic acid groups (broad SMARTS) is 1. The SMILES string of the molecule is CC(=O)NC1C=C(C(=O)O)C=CN1Cc1cnc(OCC(F)(F)F)c(Br)c1. The third-order valence-corrected chi connectivity index (χ3v) is 3.91. The summed E-state index contributed by atoms with van der Waals surface area (Å²) in [6.45, 7) is 0.0614. The first-order valence-electron chi connectivity index (χ1n) is 7.55. The molecule has 0 fully saturated rings. The van der Waals surface area contributed by atoms with Crippen LogP contribution in [-0.4, -0.2) is 45.8 Å². The Morgan fingerprint density at radius 3 is 2.70 bits per heavy atom. The number of hydrogen-bond acceptors (Lipinski definition) is 5. The number of carbonyl (C=O) groups excluding carboxylic acids is 1. The van der Waals surface area contributed by atoms with Gasteiger partial charge in [-0.1, -0.05) is 0 Å². The van der Waals surface area contributed by atoms with Crippen LogP contribution in [0, 0.1) is 0 Å². The highest BCUT2D eigenvalue weighted by molar-refractivity contribution is 9.10. The maximum absolute atomic E-state index is 12.2. The lowest BCUT2D eigenvalue weighted by Gasteiger charge is -2.31. The zero-order valence-electron chi connectivity index (χ0n) is 14.0. The monoisotopic (exact) mass is 449 g/mol. The van der Waals surface area contributed by atoms with Gasteiger partial charge in [0.2, 0.25) is 11.8 Å². The Kier molecular flexibility index (Phi) is 6.47. The molecule has 2 heterocycles. The van der Waals surface area contributed by atoms with Crippen molar-refractivity contribution in [3.8, 4) is 5.88 Å². The molecule has 2 rings (SSSR count). The van der Waals surface area contributed by atoms with E-state index in [1.807, 2.05) is 0 Å². The van der Waals surface area contributed by atoms with Crippen molar-refractivity contribution in [2.75, 3.05) is 6.61 Å². The van der Waals surface area contributed by atoms with Gasteiger partial charge in [-0.3, -0.25) is 4.79 Å². The molecule has 1 atom stereocenters. The van der Waals surface area contributed by atoms with Crippen LogP contribution in [0.3, 0.4) is 0 Å². The predicted octanol–water partition coefficient (Wildman–Crippen LogP) is 2.59. The third kappa shape index (κ3) is 6.27. The Morgan fingerprint density at radius 1 is 1.44 bits per heavy atom. The minimum Gasteiger partial charge on any atom is -0.478 e. The van der Waals surface area contributed by atoms with Crippen LogP contribution < -0.4 is 10.1 Å². The van der Waals surface area contributed by atoms with Crippen LogP contribution in [0.2, 0.25) is 0 Å². The minimum absolute atomic E-state index is 0.0280. The second kappa shape index (κ2) is 8.42. The van der Waals surface area contributed by atoms with E-state index in [2.05, 4.69) is 31.0 Å². The van der Waals surface area contributed by atoms with E-state index in [1.54, 1.807) is 4.90 Å². The Bertz CT molecular complexity index is 796. The van der Waals surface area contributed by atoms with Crippen molar-refractivity contribution < 1.29 is 32.6 Å². The highest BCUT2D eigenvalue weighted by Crippen LogP contribution is 2.26. The summed E-state index contributed by atoms with van der Waals surface area (Å²) in [6.07, 6.45) is 0.436. The van der Waals surface area contributed by atoms with Crippen LogP contribution >= 0.6 is 15.9 Å². The van der Waals surface area contributed by atoms with E-state index in [0.717, 1.165) is 0 Å². The first-order valence-corrected chi connectivity index (χ1v) is 8.34. The van der Waals surface area contributed by atoms with E-state index >= 15 is 0 Å². The van der Waals surface area contributed by atoms with Gasteiger partial charge in [-0.05, 0) is 39.7 Å². The maximum Gasteiger partial charge on any atom is 0.422 e. The first kappa shape index (κ1) is 20.7. The minimum atomic E-state index is -4.47. The number of alkyl halides is 3. The van der Waals surface area contributed by atoms with Gasteiger partial charge in [0.1, 0.15) is 6.17 Å². The van der Waals surface area contributed by atoms with Crippen LogP contribution in [0.15, 0.2) is 40.7 Å². The Hall–Kier alpha value is -2.56. The first-order chi connectivity index (χ1) is 12.5. The molecule has 1 aromatic heterocycles. The van der Waals surface area contributed by atoms with Gasteiger partial charge in [-0.25, -0.2) is 9.78 Å². The van der Waals surface area contributed by atoms with Gasteiger partial charge in [0.05, 0.1) is 10.0 Å². The molecular formula is C16H15BrF3N3O4. The van der Waals surface area contributed by atoms with E-state index in [4.69, 9.17) is 5.11 Å². The van der Waals surface area contributed by atoms with Gasteiger partial charge in [0.25, 0.3) is 0 Å². The van der Waals surface area contributed by atoms with E-state index in [9.17, 15) is 22.8 Å². The molecule has 0 saturated heterocycles. The Labute approximate surface area is 160 Å². The standard InChI is InChI=1S/C16H15BrF3N3O4/c1-9(24)22-13-5-11(15(25)26)2-3-23(13)7-10-4-12(17)14(21-6-10)27-8-16(18,19)20/h2-6,13H,7-8H2,1H3,(H,22,24)(H,25,26). The topological polar surface area (TPSA) is 91.8 Å². The second-order valence-electron chi connectivity index (χ2n) is 5.59. The number of carbonyl (C=O) groups is 2. The summed E-state index contributed by atoms with van der Waals surface area (Å²) < 4.78 is 41.6. The van der Waals surface area contributed by atoms with Crippen LogP contribution in [0.1, 0.15) is 12.5 Å². The van der Waals surface area contributed by atoms with E-state index in [1.165, 1.54) is 37.5 Å². The lowest BCUT2D eigenvalue weighted by Crippen LogP contribution is -2.45. The maximum atomic E-state index is 12.2. The summed E-state index contributed by atoms with van der Waals surface area (Å²) >= 11 is 3.11. The van der Waals surface area contributed by atoms with E-state index < -0.39 is 24.9 Å². The third-order valence-electron chi connectivity index (χ3n) is 3.34. The number of nitrogens with one attached hydrogen (secondary N) is 1. The fourth-order valence-electron chi connectivity index (χ4n) is 2.24. The van der Waals surface area contributed by atoms with Gasteiger partial charge in [0, 0.05) is 25.9 Å². The molecule has 7 nitrogen and oxygen atoms in total. The Morgan fingerprint density at radius 2 is 2.15 bits per heavy atom. The summed E-state index contributed by atoms with van der Waals surface area (Å²) in [5.74, 6) is -1.68. The van der Waals surface area contributed by atoms with Gasteiger partial charge < -0.3 is 20.1 Å². The van der Waals surface area contributed by atoms with Crippen LogP contribution in [0.4, 0.5) is 13.2 Å². The van der Waals surface area contributed by atoms with E-state index in [0.29, 0.717) is 5.56 Å². The molecule has 11 heteroatoms. The average molecular weight is 450 g/mol. The molecule has 1 amide bonds. The number of aromatic nitrogens is 1. The lowest BCUT2D eigenvalue weighted by atomic mass is 10.1. The summed E-state index contributed by atoms with van der Waals surface area (Å²) in [6, 6.07) is 1.54. The van der Waals surface area contributed by atoms with Crippen LogP contribution in [0.5, 0.6) is 5.88 Å². The van der Waals surface area contributed by atoms with Crippen molar-refractivity contribution in [1.82, 2.24) is 15.2 Å². The number of carboxylic acids is 1. The number of halogens is 4. The number of ether oxygens (including phenoxy) is 1. The second-order valence-corrected chi connectivity index (χ2v) is 6.45. The van der Waals surface area contributed by atoms with Crippen molar-refractivity contribution in [3.63, 3.8) is 0 Å². The molecule has 0 radical (unpaired) electrons. The average Bonchev–Trinajstić information content (AvgIpc) is 2.54. The zero-order chi connectivity index (χ0) is 20.2. The molecule has 1 unspecified atom stereocenters. The number of hydrogen-bond donors (Lipinski definition) is 2. The highest BCUT2D eigenvalue weighted by atomic mass is 79.9. The van der Waals surface area contributed by atoms with Gasteiger partial charge >= 0.3 is 12.1 Å². The molecule has 2 N–H and O–H groups in total. The van der Waals surface area contributed by atoms with Crippen molar-refractivity contribution in [2.24, 2.45) is 0 Å². The molecule has 1 aliphatic heterocycles. The molecule has 0 aliphatic carbocycles. The highest BCUT2D eigenvalue weighted by Gasteiger charge is 2.29. The van der Waals surface area contributed by atoms with Gasteiger partial charge in [0.15, 0.2) is 6.61 Å². The number of pyridine rings is 1. The van der Waals surface area contributed by atoms with Crippen LogP contribution in [0.25, 0.3) is 0 Å². The van der Waals surface area contributed by atoms with Crippen molar-refractivity contribution >= 4 is 27.8 Å². The smallest absolute Gasteiger partial charge is 0.422 e. The fraction of sp³-hybridized carbons (Fsp3) is 0.312.